The molecular weight excluding hydrogens is 210 g/mol. The van der Waals surface area contributed by atoms with E-state index in [4.69, 9.17) is 4.74 Å². The number of nitrogens with zero attached hydrogens (tertiary/aromatic N) is 2. The second-order valence-electron chi connectivity index (χ2n) is 3.55. The number of rotatable bonds is 4. The third kappa shape index (κ3) is 3.07. The minimum Gasteiger partial charge on any atom is -0.477 e. The van der Waals surface area contributed by atoms with Crippen LogP contribution in [0.3, 0.4) is 0 Å². The maximum atomic E-state index is 5.63. The molecule has 5 heteroatoms. The number of hydrogen-bond acceptors (Lipinski definition) is 5. The van der Waals surface area contributed by atoms with Gasteiger partial charge in [-0.1, -0.05) is 11.8 Å². The molecule has 1 aliphatic rings. The minimum absolute atomic E-state index is 0.623. The van der Waals surface area contributed by atoms with Gasteiger partial charge in [-0.3, -0.25) is 0 Å². The van der Waals surface area contributed by atoms with Gasteiger partial charge in [-0.05, 0) is 19.2 Å². The lowest BCUT2D eigenvalue weighted by atomic mass is 10.1. The highest BCUT2D eigenvalue weighted by molar-refractivity contribution is 7.98. The Morgan fingerprint density at radius 1 is 1.67 bits per heavy atom. The van der Waals surface area contributed by atoms with E-state index in [2.05, 4.69) is 15.3 Å². The predicted octanol–water partition coefficient (Wildman–Crippen LogP) is 1.19. The summed E-state index contributed by atoms with van der Waals surface area (Å²) < 4.78 is 5.63. The van der Waals surface area contributed by atoms with E-state index in [1.165, 1.54) is 18.2 Å². The molecule has 1 aliphatic heterocycles. The number of aromatic nitrogens is 2. The van der Waals surface area contributed by atoms with Crippen LogP contribution < -0.4 is 10.1 Å². The molecule has 1 fully saturated rings. The van der Waals surface area contributed by atoms with Crippen molar-refractivity contribution in [2.75, 3.05) is 26.0 Å². The Morgan fingerprint density at radius 3 is 3.33 bits per heavy atom. The molecule has 82 valence electrons. The van der Waals surface area contributed by atoms with Gasteiger partial charge in [-0.25, -0.2) is 4.98 Å². The highest BCUT2D eigenvalue weighted by atomic mass is 32.2. The van der Waals surface area contributed by atoms with E-state index in [0.29, 0.717) is 11.8 Å². The standard InChI is InChI=1S/C10H15N3OS/c1-15-10-12-5-3-9(13-10)14-7-8-2-4-11-6-8/h3,5,8,11H,2,4,6-7H2,1H3/t8-/m0/s1. The number of ether oxygens (including phenoxy) is 1. The molecule has 1 atom stereocenters. The van der Waals surface area contributed by atoms with E-state index in [9.17, 15) is 0 Å². The van der Waals surface area contributed by atoms with Crippen molar-refractivity contribution in [3.8, 4) is 5.88 Å². The molecule has 1 N–H and O–H groups in total. The summed E-state index contributed by atoms with van der Waals surface area (Å²) in [6.45, 7) is 2.91. The number of nitrogens with one attached hydrogen (secondary N) is 1. The highest BCUT2D eigenvalue weighted by Gasteiger charge is 2.15. The first-order chi connectivity index (χ1) is 7.38. The van der Waals surface area contributed by atoms with Gasteiger partial charge in [-0.2, -0.15) is 4.98 Å². The normalized spacial score (nSPS) is 20.5. The van der Waals surface area contributed by atoms with Crippen LogP contribution in [0.2, 0.25) is 0 Å². The molecule has 2 heterocycles. The zero-order valence-corrected chi connectivity index (χ0v) is 9.59. The van der Waals surface area contributed by atoms with E-state index in [1.807, 2.05) is 12.3 Å². The predicted molar refractivity (Wildman–Crippen MR) is 60.3 cm³/mol. The van der Waals surface area contributed by atoms with Gasteiger partial charge in [0.25, 0.3) is 0 Å². The fraction of sp³-hybridized carbons (Fsp3) is 0.600. The summed E-state index contributed by atoms with van der Waals surface area (Å²) in [5.41, 5.74) is 0. The van der Waals surface area contributed by atoms with Crippen LogP contribution in [0.4, 0.5) is 0 Å². The second-order valence-corrected chi connectivity index (χ2v) is 4.32. The van der Waals surface area contributed by atoms with Crippen molar-refractivity contribution in [3.63, 3.8) is 0 Å². The topological polar surface area (TPSA) is 47.0 Å². The van der Waals surface area contributed by atoms with E-state index in [1.54, 1.807) is 6.20 Å². The Hall–Kier alpha value is -0.810. The molecule has 0 radical (unpaired) electrons. The van der Waals surface area contributed by atoms with E-state index in [0.717, 1.165) is 24.9 Å². The van der Waals surface area contributed by atoms with Gasteiger partial charge in [-0.15, -0.1) is 0 Å². The van der Waals surface area contributed by atoms with Crippen LogP contribution in [-0.2, 0) is 0 Å². The fourth-order valence-corrected chi connectivity index (χ4v) is 1.91. The van der Waals surface area contributed by atoms with Crippen molar-refractivity contribution in [1.82, 2.24) is 15.3 Å². The number of thioether (sulfide) groups is 1. The monoisotopic (exact) mass is 225 g/mol. The number of hydrogen-bond donors (Lipinski definition) is 1. The molecule has 2 rings (SSSR count). The van der Waals surface area contributed by atoms with Crippen molar-refractivity contribution in [3.05, 3.63) is 12.3 Å². The van der Waals surface area contributed by atoms with Crippen molar-refractivity contribution in [2.24, 2.45) is 5.92 Å². The van der Waals surface area contributed by atoms with Crippen LogP contribution in [0.25, 0.3) is 0 Å². The Bertz CT molecular complexity index is 315. The average molecular weight is 225 g/mol. The van der Waals surface area contributed by atoms with Crippen LogP contribution in [0.1, 0.15) is 6.42 Å². The molecular formula is C10H15N3OS. The molecule has 0 aliphatic carbocycles. The first-order valence-corrected chi connectivity index (χ1v) is 6.31. The Kier molecular flexibility index (Phi) is 3.80. The van der Waals surface area contributed by atoms with Gasteiger partial charge in [0, 0.05) is 24.7 Å². The summed E-state index contributed by atoms with van der Waals surface area (Å²) >= 11 is 1.53. The van der Waals surface area contributed by atoms with Gasteiger partial charge in [0.1, 0.15) is 0 Å². The van der Waals surface area contributed by atoms with E-state index < -0.39 is 0 Å². The third-order valence-corrected chi connectivity index (χ3v) is 2.98. The van der Waals surface area contributed by atoms with Gasteiger partial charge in [0.15, 0.2) is 5.16 Å². The summed E-state index contributed by atoms with van der Waals surface area (Å²) in [7, 11) is 0. The van der Waals surface area contributed by atoms with Crippen molar-refractivity contribution in [2.45, 2.75) is 11.6 Å². The Morgan fingerprint density at radius 2 is 2.60 bits per heavy atom. The molecule has 0 bridgehead atoms. The summed E-state index contributed by atoms with van der Waals surface area (Å²) in [5, 5.41) is 4.08. The van der Waals surface area contributed by atoms with E-state index >= 15 is 0 Å². The van der Waals surface area contributed by atoms with Crippen molar-refractivity contribution < 1.29 is 4.74 Å². The molecule has 0 saturated carbocycles. The van der Waals surface area contributed by atoms with Gasteiger partial charge in [0.2, 0.25) is 5.88 Å². The molecule has 0 spiro atoms. The molecule has 0 amide bonds. The largest absolute Gasteiger partial charge is 0.477 e. The third-order valence-electron chi connectivity index (χ3n) is 2.42. The van der Waals surface area contributed by atoms with Crippen molar-refractivity contribution >= 4 is 11.8 Å². The SMILES string of the molecule is CSc1nccc(OC[C@H]2CCNC2)n1. The Labute approximate surface area is 93.8 Å². The fourth-order valence-electron chi connectivity index (χ4n) is 1.56. The van der Waals surface area contributed by atoms with E-state index in [-0.39, 0.29) is 0 Å². The molecule has 15 heavy (non-hydrogen) atoms. The van der Waals surface area contributed by atoms with Crippen LogP contribution in [0, 0.1) is 5.92 Å². The minimum atomic E-state index is 0.623. The quantitative estimate of drug-likeness (QED) is 0.616. The molecule has 0 unspecified atom stereocenters. The highest BCUT2D eigenvalue weighted by Crippen LogP contribution is 2.14. The van der Waals surface area contributed by atoms with Gasteiger partial charge >= 0.3 is 0 Å². The van der Waals surface area contributed by atoms with Crippen LogP contribution >= 0.6 is 11.8 Å². The summed E-state index contributed by atoms with van der Waals surface area (Å²) in [6, 6.07) is 1.81. The second kappa shape index (κ2) is 5.32. The summed E-state index contributed by atoms with van der Waals surface area (Å²) in [6.07, 6.45) is 4.89. The molecule has 0 aromatic carbocycles. The van der Waals surface area contributed by atoms with Crippen LogP contribution in [-0.4, -0.2) is 35.9 Å². The molecule has 4 nitrogen and oxygen atoms in total. The smallest absolute Gasteiger partial charge is 0.217 e. The first-order valence-electron chi connectivity index (χ1n) is 5.09. The zero-order valence-electron chi connectivity index (χ0n) is 8.77. The maximum Gasteiger partial charge on any atom is 0.217 e. The molecule has 1 saturated heterocycles. The van der Waals surface area contributed by atoms with Crippen LogP contribution in [0.5, 0.6) is 5.88 Å². The summed E-state index contributed by atoms with van der Waals surface area (Å²) in [4.78, 5) is 8.36. The van der Waals surface area contributed by atoms with Gasteiger partial charge in [0.05, 0.1) is 6.61 Å². The zero-order chi connectivity index (χ0) is 10.5. The van der Waals surface area contributed by atoms with Gasteiger partial charge < -0.3 is 10.1 Å². The van der Waals surface area contributed by atoms with Crippen molar-refractivity contribution in [1.29, 1.82) is 0 Å². The average Bonchev–Trinajstić information content (AvgIpc) is 2.79. The first kappa shape index (κ1) is 10.7. The molecule has 1 aromatic rings. The molecule has 1 aromatic heterocycles. The van der Waals surface area contributed by atoms with Crippen LogP contribution in [0.15, 0.2) is 17.4 Å². The lowest BCUT2D eigenvalue weighted by Crippen LogP contribution is -2.15. The lowest BCUT2D eigenvalue weighted by molar-refractivity contribution is 0.249. The summed E-state index contributed by atoms with van der Waals surface area (Å²) in [5.74, 6) is 1.30. The maximum absolute atomic E-state index is 5.63. The lowest BCUT2D eigenvalue weighted by Gasteiger charge is -2.09. The Balaban J connectivity index is 1.86.